The van der Waals surface area contributed by atoms with Crippen LogP contribution in [0.3, 0.4) is 0 Å². The maximum Gasteiger partial charge on any atom is 0.242 e. The Labute approximate surface area is 144 Å². The molecule has 0 unspecified atom stereocenters. The summed E-state index contributed by atoms with van der Waals surface area (Å²) in [4.78, 5) is 12.5. The molecule has 1 atom stereocenters. The average Bonchev–Trinajstić information content (AvgIpc) is 2.55. The van der Waals surface area contributed by atoms with Gasteiger partial charge in [-0.1, -0.05) is 25.3 Å². The topological polar surface area (TPSA) is 78.5 Å². The van der Waals surface area contributed by atoms with Crippen molar-refractivity contribution in [2.24, 2.45) is 0 Å². The first-order valence-corrected chi connectivity index (χ1v) is 9.84. The fourth-order valence-electron chi connectivity index (χ4n) is 2.89. The summed E-state index contributed by atoms with van der Waals surface area (Å²) in [6.45, 7) is 1.84. The lowest BCUT2D eigenvalue weighted by molar-refractivity contribution is -0.118. The van der Waals surface area contributed by atoms with Crippen molar-refractivity contribution in [3.05, 3.63) is 24.3 Å². The first-order valence-electron chi connectivity index (χ1n) is 8.40. The van der Waals surface area contributed by atoms with Gasteiger partial charge in [-0.15, -0.1) is 0 Å². The van der Waals surface area contributed by atoms with Gasteiger partial charge in [-0.2, -0.15) is 0 Å². The minimum atomic E-state index is -3.51. The fourth-order valence-corrected chi connectivity index (χ4v) is 3.84. The van der Waals surface area contributed by atoms with E-state index in [0.717, 1.165) is 17.1 Å². The molecule has 134 valence electrons. The minimum Gasteiger partial charge on any atom is -0.325 e. The number of nitrogens with one attached hydrogen (secondary N) is 2. The molecular weight excluding hydrogens is 326 g/mol. The molecule has 0 saturated heterocycles. The molecule has 0 aromatic heterocycles. The van der Waals surface area contributed by atoms with Crippen molar-refractivity contribution in [1.82, 2.24) is 9.62 Å². The zero-order valence-corrected chi connectivity index (χ0v) is 15.4. The van der Waals surface area contributed by atoms with Gasteiger partial charge in [-0.05, 0) is 38.0 Å². The van der Waals surface area contributed by atoms with E-state index >= 15 is 0 Å². The number of carbonyl (C=O) groups excluding carboxylic acids is 1. The molecule has 0 radical (unpaired) electrons. The lowest BCUT2D eigenvalue weighted by Gasteiger charge is -2.26. The maximum absolute atomic E-state index is 12.3. The van der Waals surface area contributed by atoms with Crippen LogP contribution in [0.1, 0.15) is 39.0 Å². The summed E-state index contributed by atoms with van der Waals surface area (Å²) < 4.78 is 25.5. The van der Waals surface area contributed by atoms with Crippen molar-refractivity contribution in [1.29, 1.82) is 0 Å². The standard InChI is InChI=1S/C17H27N3O3S/c1-13(18-14-8-5-4-6-9-14)17(21)19-15-10-7-11-16(12-15)24(22,23)20(2)3/h7,10-14,18H,4-6,8-9H2,1-3H3,(H,19,21)/t13-/m0/s1. The molecule has 1 aliphatic rings. The quantitative estimate of drug-likeness (QED) is 0.822. The fraction of sp³-hybridized carbons (Fsp3) is 0.588. The highest BCUT2D eigenvalue weighted by atomic mass is 32.2. The minimum absolute atomic E-state index is 0.153. The third kappa shape index (κ3) is 4.78. The molecule has 7 heteroatoms. The van der Waals surface area contributed by atoms with Crippen LogP contribution < -0.4 is 10.6 Å². The van der Waals surface area contributed by atoms with Gasteiger partial charge in [0.25, 0.3) is 0 Å². The molecule has 1 aliphatic carbocycles. The summed E-state index contributed by atoms with van der Waals surface area (Å²) in [5.41, 5.74) is 0.486. The van der Waals surface area contributed by atoms with E-state index in [2.05, 4.69) is 10.6 Å². The third-order valence-corrected chi connectivity index (χ3v) is 6.18. The Balaban J connectivity index is 2.01. The van der Waals surface area contributed by atoms with Gasteiger partial charge in [-0.25, -0.2) is 12.7 Å². The van der Waals surface area contributed by atoms with Crippen LogP contribution in [0, 0.1) is 0 Å². The van der Waals surface area contributed by atoms with Crippen molar-refractivity contribution in [2.75, 3.05) is 19.4 Å². The molecule has 24 heavy (non-hydrogen) atoms. The van der Waals surface area contributed by atoms with Gasteiger partial charge in [-0.3, -0.25) is 4.79 Å². The van der Waals surface area contributed by atoms with Crippen molar-refractivity contribution in [3.63, 3.8) is 0 Å². The summed E-state index contributed by atoms with van der Waals surface area (Å²) in [6.07, 6.45) is 5.89. The molecule has 1 aromatic rings. The average molecular weight is 353 g/mol. The molecule has 6 nitrogen and oxygen atoms in total. The number of anilines is 1. The van der Waals surface area contributed by atoms with Crippen molar-refractivity contribution >= 4 is 21.6 Å². The Morgan fingerprint density at radius 1 is 1.21 bits per heavy atom. The highest BCUT2D eigenvalue weighted by molar-refractivity contribution is 7.89. The summed E-state index contributed by atoms with van der Waals surface area (Å²) in [5.74, 6) is -0.153. The van der Waals surface area contributed by atoms with Crippen LogP contribution in [0.15, 0.2) is 29.2 Å². The zero-order chi connectivity index (χ0) is 17.7. The molecule has 2 rings (SSSR count). The second-order valence-electron chi connectivity index (χ2n) is 6.53. The van der Waals surface area contributed by atoms with Crippen LogP contribution in [-0.4, -0.2) is 44.8 Å². The highest BCUT2D eigenvalue weighted by Crippen LogP contribution is 2.19. The number of sulfonamides is 1. The van der Waals surface area contributed by atoms with Crippen molar-refractivity contribution in [3.8, 4) is 0 Å². The third-order valence-electron chi connectivity index (χ3n) is 4.36. The predicted molar refractivity (Wildman–Crippen MR) is 95.4 cm³/mol. The van der Waals surface area contributed by atoms with E-state index in [1.165, 1.54) is 45.5 Å². The SMILES string of the molecule is C[C@H](NC1CCCCC1)C(=O)Nc1cccc(S(=O)(=O)N(C)C)c1. The summed E-state index contributed by atoms with van der Waals surface area (Å²) in [7, 11) is -0.546. The Hall–Kier alpha value is -1.44. The van der Waals surface area contributed by atoms with Crippen LogP contribution in [0.25, 0.3) is 0 Å². The molecule has 1 amide bonds. The number of hydrogen-bond donors (Lipinski definition) is 2. The number of nitrogens with zero attached hydrogens (tertiary/aromatic N) is 1. The van der Waals surface area contributed by atoms with Crippen LogP contribution in [-0.2, 0) is 14.8 Å². The molecule has 1 fully saturated rings. The second-order valence-corrected chi connectivity index (χ2v) is 8.68. The molecule has 2 N–H and O–H groups in total. The van der Waals surface area contributed by atoms with Gasteiger partial charge in [0.15, 0.2) is 0 Å². The Morgan fingerprint density at radius 3 is 2.50 bits per heavy atom. The van der Waals surface area contributed by atoms with Crippen LogP contribution in [0.4, 0.5) is 5.69 Å². The number of benzene rings is 1. The molecular formula is C17H27N3O3S. The van der Waals surface area contributed by atoms with E-state index in [9.17, 15) is 13.2 Å². The summed E-state index contributed by atoms with van der Waals surface area (Å²) >= 11 is 0. The van der Waals surface area contributed by atoms with E-state index in [1.807, 2.05) is 6.92 Å². The van der Waals surface area contributed by atoms with Crippen molar-refractivity contribution < 1.29 is 13.2 Å². The monoisotopic (exact) mass is 353 g/mol. The molecule has 0 heterocycles. The van der Waals surface area contributed by atoms with E-state index < -0.39 is 10.0 Å². The van der Waals surface area contributed by atoms with Crippen LogP contribution in [0.5, 0.6) is 0 Å². The molecule has 1 saturated carbocycles. The van der Waals surface area contributed by atoms with Gasteiger partial charge in [0.2, 0.25) is 15.9 Å². The van der Waals surface area contributed by atoms with Gasteiger partial charge in [0, 0.05) is 25.8 Å². The predicted octanol–water partition coefficient (Wildman–Crippen LogP) is 2.19. The lowest BCUT2D eigenvalue weighted by atomic mass is 9.95. The lowest BCUT2D eigenvalue weighted by Crippen LogP contribution is -2.44. The normalized spacial score (nSPS) is 17.7. The first kappa shape index (κ1) is 18.9. The Morgan fingerprint density at radius 2 is 1.88 bits per heavy atom. The summed E-state index contributed by atoms with van der Waals surface area (Å²) in [6, 6.07) is 6.41. The van der Waals surface area contributed by atoms with E-state index in [4.69, 9.17) is 0 Å². The largest absolute Gasteiger partial charge is 0.325 e. The van der Waals surface area contributed by atoms with Gasteiger partial charge >= 0.3 is 0 Å². The number of carbonyl (C=O) groups is 1. The van der Waals surface area contributed by atoms with Crippen LogP contribution >= 0.6 is 0 Å². The Kier molecular flexibility index (Phi) is 6.37. The van der Waals surface area contributed by atoms with Gasteiger partial charge in [0.05, 0.1) is 10.9 Å². The van der Waals surface area contributed by atoms with Gasteiger partial charge in [0.1, 0.15) is 0 Å². The van der Waals surface area contributed by atoms with Crippen molar-refractivity contribution in [2.45, 2.75) is 56.0 Å². The summed E-state index contributed by atoms with van der Waals surface area (Å²) in [5, 5.41) is 6.16. The molecule has 0 bridgehead atoms. The molecule has 1 aromatic carbocycles. The van der Waals surface area contributed by atoms with Crippen LogP contribution in [0.2, 0.25) is 0 Å². The second kappa shape index (κ2) is 8.09. The number of amides is 1. The smallest absolute Gasteiger partial charge is 0.242 e. The van der Waals surface area contributed by atoms with E-state index in [1.54, 1.807) is 12.1 Å². The number of rotatable bonds is 6. The van der Waals surface area contributed by atoms with Gasteiger partial charge < -0.3 is 10.6 Å². The molecule has 0 spiro atoms. The number of hydrogen-bond acceptors (Lipinski definition) is 4. The van der Waals surface area contributed by atoms with E-state index in [-0.39, 0.29) is 16.8 Å². The zero-order valence-electron chi connectivity index (χ0n) is 14.6. The maximum atomic E-state index is 12.3. The molecule has 0 aliphatic heterocycles. The first-order chi connectivity index (χ1) is 11.3. The van der Waals surface area contributed by atoms with E-state index in [0.29, 0.717) is 11.7 Å². The Bertz CT molecular complexity index is 667. The highest BCUT2D eigenvalue weighted by Gasteiger charge is 2.21.